The van der Waals surface area contributed by atoms with Gasteiger partial charge in [-0.3, -0.25) is 0 Å². The molecule has 1 fully saturated rings. The Bertz CT molecular complexity index is 1410. The molecule has 0 saturated carbocycles. The second-order valence-electron chi connectivity index (χ2n) is 7.58. The first-order chi connectivity index (χ1) is 17.4. The fraction of sp³-hybridized carbons (Fsp3) is 0.143. The third-order valence-corrected chi connectivity index (χ3v) is 5.90. The molecule has 7 rings (SSSR count). The zero-order valence-electron chi connectivity index (χ0n) is 17.8. The van der Waals surface area contributed by atoms with Gasteiger partial charge in [-0.15, -0.1) is 0 Å². The normalized spacial score (nSPS) is 24.3. The highest BCUT2D eigenvalue weighted by Gasteiger charge is 2.78. The molecule has 0 N–H and O–H groups in total. The summed E-state index contributed by atoms with van der Waals surface area (Å²) in [5.74, 6) is 0.380. The molecule has 1 aliphatic heterocycles. The Morgan fingerprint density at radius 1 is 0.657 bits per heavy atom. The van der Waals surface area contributed by atoms with Gasteiger partial charge in [0.25, 0.3) is 5.89 Å². The van der Waals surface area contributed by atoms with Crippen LogP contribution < -0.4 is 5.06 Å². The lowest BCUT2D eigenvalue weighted by Gasteiger charge is -2.40. The fourth-order valence-corrected chi connectivity index (χ4v) is 4.68. The van der Waals surface area contributed by atoms with Gasteiger partial charge in [0.2, 0.25) is 11.4 Å². The maximum atomic E-state index is 6.78. The first-order valence-corrected chi connectivity index (χ1v) is 10.5. The van der Waals surface area contributed by atoms with Crippen LogP contribution in [0.2, 0.25) is 0 Å². The minimum absolute atomic E-state index is 0.147. The van der Waals surface area contributed by atoms with Gasteiger partial charge < -0.3 is 13.3 Å². The van der Waals surface area contributed by atoms with Gasteiger partial charge in [-0.1, -0.05) is 0 Å². The lowest BCUT2D eigenvalue weighted by atomic mass is 9.83. The molecule has 0 radical (unpaired) electrons. The van der Waals surface area contributed by atoms with E-state index in [0.29, 0.717) is 0 Å². The van der Waals surface area contributed by atoms with E-state index in [1.165, 1.54) is 42.4 Å². The first-order valence-electron chi connectivity index (χ1n) is 10.5. The van der Waals surface area contributed by atoms with Crippen LogP contribution in [-0.2, 0) is 16.1 Å². The number of rotatable bonds is 6. The predicted molar refractivity (Wildman–Crippen MR) is 113 cm³/mol. The van der Waals surface area contributed by atoms with Gasteiger partial charge in [-0.05, 0) is 18.2 Å². The number of nitrogens with zero attached hydrogens (tertiary/aromatic N) is 10. The molecule has 3 unspecified atom stereocenters. The summed E-state index contributed by atoms with van der Waals surface area (Å²) in [5.41, 5.74) is -3.17. The monoisotopic (exact) mass is 472 g/mol. The van der Waals surface area contributed by atoms with Crippen LogP contribution in [-0.4, -0.2) is 44.3 Å². The number of hydroxylamine groups is 1. The molecular weight excluding hydrogens is 456 g/mol. The van der Waals surface area contributed by atoms with E-state index in [2.05, 4.69) is 30.2 Å². The third kappa shape index (κ3) is 2.45. The summed E-state index contributed by atoms with van der Waals surface area (Å²) < 4.78 is 22.5. The van der Waals surface area contributed by atoms with Crippen molar-refractivity contribution in [3.63, 3.8) is 0 Å². The standard InChI is InChI=1S/C21H16N10O4/c1-4-25-28(10-1)18-20(16-22-7-13-32-16,29-11-2-5-26-29)21(17-23-8-14-33-17,30-12-3-6-27-30)35-31(18)19-24-9-15-34-19/h1-15,18H. The Morgan fingerprint density at radius 3 is 1.91 bits per heavy atom. The Morgan fingerprint density at radius 2 is 1.31 bits per heavy atom. The Balaban J connectivity index is 1.67. The molecule has 0 bridgehead atoms. The van der Waals surface area contributed by atoms with Crippen molar-refractivity contribution in [1.29, 1.82) is 0 Å². The SMILES string of the molecule is c1cnn(C2N(c3ncco3)OC(c3ncco3)(n3cccn3)C2(c2ncco2)n2cccn2)c1. The Labute approximate surface area is 195 Å². The lowest BCUT2D eigenvalue weighted by molar-refractivity contribution is -0.123. The third-order valence-electron chi connectivity index (χ3n) is 5.90. The van der Waals surface area contributed by atoms with Crippen molar-refractivity contribution < 1.29 is 18.1 Å². The molecule has 6 aromatic heterocycles. The van der Waals surface area contributed by atoms with Gasteiger partial charge in [0.05, 0.1) is 18.6 Å². The lowest BCUT2D eigenvalue weighted by Crippen LogP contribution is -2.59. The van der Waals surface area contributed by atoms with E-state index in [-0.39, 0.29) is 17.8 Å². The molecule has 0 aromatic carbocycles. The molecule has 7 heterocycles. The van der Waals surface area contributed by atoms with Crippen LogP contribution in [0.5, 0.6) is 0 Å². The van der Waals surface area contributed by atoms with Gasteiger partial charge in [0, 0.05) is 37.2 Å². The molecule has 0 aliphatic carbocycles. The van der Waals surface area contributed by atoms with Gasteiger partial charge in [-0.2, -0.15) is 20.4 Å². The molecular formula is C21H16N10O4. The minimum Gasteiger partial charge on any atom is -0.446 e. The van der Waals surface area contributed by atoms with Gasteiger partial charge in [-0.25, -0.2) is 33.8 Å². The quantitative estimate of drug-likeness (QED) is 0.351. The molecule has 3 atom stereocenters. The van der Waals surface area contributed by atoms with Crippen molar-refractivity contribution in [3.05, 3.63) is 105 Å². The van der Waals surface area contributed by atoms with Crippen molar-refractivity contribution >= 4 is 6.01 Å². The molecule has 0 amide bonds. The summed E-state index contributed by atoms with van der Waals surface area (Å²) in [6.45, 7) is 0. The summed E-state index contributed by atoms with van der Waals surface area (Å²) in [4.78, 5) is 20.2. The predicted octanol–water partition coefficient (Wildman–Crippen LogP) is 2.04. The maximum absolute atomic E-state index is 6.78. The summed E-state index contributed by atoms with van der Waals surface area (Å²) in [7, 11) is 0. The average Bonchev–Trinajstić information content (AvgIpc) is 3.71. The number of oxazole rings is 3. The highest BCUT2D eigenvalue weighted by Crippen LogP contribution is 2.59. The second-order valence-corrected chi connectivity index (χ2v) is 7.58. The smallest absolute Gasteiger partial charge is 0.324 e. The van der Waals surface area contributed by atoms with E-state index in [0.717, 1.165) is 0 Å². The van der Waals surface area contributed by atoms with Crippen molar-refractivity contribution in [2.45, 2.75) is 17.4 Å². The molecule has 1 aliphatic rings. The van der Waals surface area contributed by atoms with Crippen LogP contribution in [0.1, 0.15) is 17.9 Å². The minimum atomic E-state index is -1.68. The Hall–Kier alpha value is -4.98. The number of anilines is 1. The summed E-state index contributed by atoms with van der Waals surface area (Å²) >= 11 is 0. The largest absolute Gasteiger partial charge is 0.446 e. The molecule has 6 aromatic rings. The maximum Gasteiger partial charge on any atom is 0.324 e. The highest BCUT2D eigenvalue weighted by molar-refractivity contribution is 5.37. The van der Waals surface area contributed by atoms with E-state index in [1.807, 2.05) is 0 Å². The Kier molecular flexibility index (Phi) is 4.04. The van der Waals surface area contributed by atoms with E-state index >= 15 is 0 Å². The topological polar surface area (TPSA) is 144 Å². The van der Waals surface area contributed by atoms with E-state index in [4.69, 9.17) is 18.1 Å². The molecule has 14 heteroatoms. The van der Waals surface area contributed by atoms with E-state index < -0.39 is 17.4 Å². The number of aromatic nitrogens is 9. The summed E-state index contributed by atoms with van der Waals surface area (Å²) in [6.07, 6.45) is 18.2. The average molecular weight is 472 g/mol. The highest BCUT2D eigenvalue weighted by atomic mass is 16.7. The van der Waals surface area contributed by atoms with Crippen LogP contribution in [0, 0.1) is 0 Å². The summed E-state index contributed by atoms with van der Waals surface area (Å²) in [6, 6.07) is 5.47. The van der Waals surface area contributed by atoms with E-state index in [1.54, 1.807) is 69.4 Å². The van der Waals surface area contributed by atoms with Crippen LogP contribution in [0.25, 0.3) is 0 Å². The van der Waals surface area contributed by atoms with Gasteiger partial charge >= 0.3 is 11.7 Å². The second kappa shape index (κ2) is 7.26. The zero-order valence-corrected chi connectivity index (χ0v) is 17.8. The van der Waals surface area contributed by atoms with Crippen LogP contribution in [0.15, 0.2) is 106 Å². The molecule has 14 nitrogen and oxygen atoms in total. The molecule has 1 saturated heterocycles. The number of hydrogen-bond donors (Lipinski definition) is 0. The van der Waals surface area contributed by atoms with Crippen molar-refractivity contribution in [3.8, 4) is 0 Å². The zero-order chi connectivity index (χ0) is 23.3. The van der Waals surface area contributed by atoms with Crippen molar-refractivity contribution in [2.24, 2.45) is 0 Å². The van der Waals surface area contributed by atoms with Crippen molar-refractivity contribution in [2.75, 3.05) is 5.06 Å². The van der Waals surface area contributed by atoms with Crippen LogP contribution in [0.3, 0.4) is 0 Å². The van der Waals surface area contributed by atoms with E-state index in [9.17, 15) is 0 Å². The molecule has 35 heavy (non-hydrogen) atoms. The fourth-order valence-electron chi connectivity index (χ4n) is 4.68. The summed E-state index contributed by atoms with van der Waals surface area (Å²) in [5, 5.41) is 15.2. The molecule has 0 spiro atoms. The first kappa shape index (κ1) is 19.5. The van der Waals surface area contributed by atoms with Gasteiger partial charge in [0.15, 0.2) is 6.17 Å². The molecule has 174 valence electrons. The van der Waals surface area contributed by atoms with Crippen LogP contribution in [0.4, 0.5) is 6.01 Å². The van der Waals surface area contributed by atoms with Crippen LogP contribution >= 0.6 is 0 Å². The number of hydrogen-bond acceptors (Lipinski definition) is 11. The van der Waals surface area contributed by atoms with Gasteiger partial charge in [0.1, 0.15) is 18.8 Å². The van der Waals surface area contributed by atoms with Crippen molar-refractivity contribution in [1.82, 2.24) is 44.3 Å².